The molecule has 122 valence electrons. The van der Waals surface area contributed by atoms with Crippen molar-refractivity contribution in [2.24, 2.45) is 0 Å². The van der Waals surface area contributed by atoms with Crippen LogP contribution < -0.4 is 14.8 Å². The first kappa shape index (κ1) is 16.8. The molecule has 5 nitrogen and oxygen atoms in total. The maximum absolute atomic E-state index is 9.34. The molecular formula is C18H22N2O3. The van der Waals surface area contributed by atoms with E-state index in [2.05, 4.69) is 16.9 Å². The predicted octanol–water partition coefficient (Wildman–Crippen LogP) is 3.15. The van der Waals surface area contributed by atoms with Gasteiger partial charge < -0.3 is 19.9 Å². The summed E-state index contributed by atoms with van der Waals surface area (Å²) in [5.74, 6) is 1.37. The van der Waals surface area contributed by atoms with Gasteiger partial charge in [0.15, 0.2) is 11.5 Å². The monoisotopic (exact) mass is 314 g/mol. The van der Waals surface area contributed by atoms with E-state index in [0.29, 0.717) is 24.7 Å². The van der Waals surface area contributed by atoms with Gasteiger partial charge in [0, 0.05) is 18.3 Å². The minimum Gasteiger partial charge on any atom is -0.493 e. The second-order valence-corrected chi connectivity index (χ2v) is 5.28. The van der Waals surface area contributed by atoms with Crippen LogP contribution in [0.5, 0.6) is 11.5 Å². The van der Waals surface area contributed by atoms with Gasteiger partial charge in [-0.05, 0) is 36.3 Å². The van der Waals surface area contributed by atoms with Crippen molar-refractivity contribution in [3.05, 3.63) is 59.9 Å². The number of ether oxygens (including phenoxy) is 2. The highest BCUT2D eigenvalue weighted by molar-refractivity contribution is 5.50. The number of hydrogen-bond donors (Lipinski definition) is 2. The van der Waals surface area contributed by atoms with Gasteiger partial charge in [0.2, 0.25) is 0 Å². The first-order chi connectivity index (χ1) is 11.1. The van der Waals surface area contributed by atoms with Crippen LogP contribution in [-0.4, -0.2) is 23.8 Å². The van der Waals surface area contributed by atoms with E-state index in [9.17, 15) is 5.11 Å². The van der Waals surface area contributed by atoms with Crippen LogP contribution in [0.25, 0.3) is 0 Å². The summed E-state index contributed by atoms with van der Waals surface area (Å²) in [6.45, 7) is 6.76. The van der Waals surface area contributed by atoms with Crippen LogP contribution in [0.1, 0.15) is 18.1 Å². The maximum Gasteiger partial charge on any atom is 0.161 e. The Hall–Kier alpha value is -2.53. The smallest absolute Gasteiger partial charge is 0.161 e. The van der Waals surface area contributed by atoms with E-state index in [0.717, 1.165) is 22.4 Å². The minimum atomic E-state index is -0.0273. The summed E-state index contributed by atoms with van der Waals surface area (Å²) in [7, 11) is 1.62. The van der Waals surface area contributed by atoms with Crippen molar-refractivity contribution in [3.8, 4) is 11.5 Å². The lowest BCUT2D eigenvalue weighted by atomic mass is 10.2. The Kier molecular flexibility index (Phi) is 6.00. The van der Waals surface area contributed by atoms with Crippen LogP contribution in [-0.2, 0) is 13.2 Å². The lowest BCUT2D eigenvalue weighted by Crippen LogP contribution is -2.05. The van der Waals surface area contributed by atoms with E-state index in [-0.39, 0.29) is 6.61 Å². The quantitative estimate of drug-likeness (QED) is 0.733. The fraction of sp³-hybridized carbons (Fsp3) is 0.278. The third kappa shape index (κ3) is 4.72. The number of aromatic nitrogens is 1. The van der Waals surface area contributed by atoms with Crippen molar-refractivity contribution in [1.29, 1.82) is 0 Å². The molecule has 1 aromatic carbocycles. The van der Waals surface area contributed by atoms with Gasteiger partial charge in [-0.1, -0.05) is 12.6 Å². The molecule has 0 unspecified atom stereocenters. The maximum atomic E-state index is 9.34. The number of benzene rings is 1. The number of pyridine rings is 1. The van der Waals surface area contributed by atoms with Crippen molar-refractivity contribution in [1.82, 2.24) is 4.98 Å². The van der Waals surface area contributed by atoms with Gasteiger partial charge in [0.05, 0.1) is 25.6 Å². The SMILES string of the molecule is C=C(C)COc1cc(CNc2cnccc2CO)ccc1OC. The average molecular weight is 314 g/mol. The van der Waals surface area contributed by atoms with Crippen LogP contribution in [0.3, 0.4) is 0 Å². The Bertz CT molecular complexity index is 671. The molecule has 0 aliphatic carbocycles. The number of aliphatic hydroxyl groups is 1. The van der Waals surface area contributed by atoms with Crippen LogP contribution >= 0.6 is 0 Å². The molecular weight excluding hydrogens is 292 g/mol. The average Bonchev–Trinajstić information content (AvgIpc) is 2.58. The number of anilines is 1. The van der Waals surface area contributed by atoms with Gasteiger partial charge in [-0.2, -0.15) is 0 Å². The molecule has 0 saturated carbocycles. The van der Waals surface area contributed by atoms with Crippen molar-refractivity contribution < 1.29 is 14.6 Å². The second kappa shape index (κ2) is 8.19. The number of aliphatic hydroxyl groups excluding tert-OH is 1. The largest absolute Gasteiger partial charge is 0.493 e. The summed E-state index contributed by atoms with van der Waals surface area (Å²) in [6, 6.07) is 7.57. The number of nitrogens with zero attached hydrogens (tertiary/aromatic N) is 1. The number of methoxy groups -OCH3 is 1. The molecule has 0 spiro atoms. The molecule has 0 bridgehead atoms. The van der Waals surface area contributed by atoms with Gasteiger partial charge in [-0.15, -0.1) is 0 Å². The lowest BCUT2D eigenvalue weighted by Gasteiger charge is -2.14. The zero-order valence-electron chi connectivity index (χ0n) is 13.5. The lowest BCUT2D eigenvalue weighted by molar-refractivity contribution is 0.282. The van der Waals surface area contributed by atoms with E-state index in [4.69, 9.17) is 9.47 Å². The molecule has 0 fully saturated rings. The van der Waals surface area contributed by atoms with Crippen LogP contribution in [0.2, 0.25) is 0 Å². The molecule has 1 heterocycles. The fourth-order valence-corrected chi connectivity index (χ4v) is 2.06. The summed E-state index contributed by atoms with van der Waals surface area (Å²) >= 11 is 0. The zero-order valence-corrected chi connectivity index (χ0v) is 13.5. The zero-order chi connectivity index (χ0) is 16.7. The highest BCUT2D eigenvalue weighted by atomic mass is 16.5. The topological polar surface area (TPSA) is 63.6 Å². The second-order valence-electron chi connectivity index (χ2n) is 5.28. The van der Waals surface area contributed by atoms with Crippen molar-refractivity contribution in [3.63, 3.8) is 0 Å². The summed E-state index contributed by atoms with van der Waals surface area (Å²) in [6.07, 6.45) is 3.36. The molecule has 0 aliphatic rings. The molecule has 0 radical (unpaired) electrons. The van der Waals surface area contributed by atoms with Crippen LogP contribution in [0.4, 0.5) is 5.69 Å². The third-order valence-corrected chi connectivity index (χ3v) is 3.27. The molecule has 23 heavy (non-hydrogen) atoms. The van der Waals surface area contributed by atoms with Crippen molar-refractivity contribution in [2.75, 3.05) is 19.0 Å². The third-order valence-electron chi connectivity index (χ3n) is 3.27. The minimum absolute atomic E-state index is 0.0273. The molecule has 2 N–H and O–H groups in total. The molecule has 1 aromatic heterocycles. The van der Waals surface area contributed by atoms with E-state index < -0.39 is 0 Å². The van der Waals surface area contributed by atoms with Crippen LogP contribution in [0.15, 0.2) is 48.8 Å². The van der Waals surface area contributed by atoms with Crippen molar-refractivity contribution in [2.45, 2.75) is 20.1 Å². The first-order valence-corrected chi connectivity index (χ1v) is 7.35. The Balaban J connectivity index is 2.10. The first-order valence-electron chi connectivity index (χ1n) is 7.35. The number of hydrogen-bond acceptors (Lipinski definition) is 5. The van der Waals surface area contributed by atoms with E-state index in [1.807, 2.05) is 25.1 Å². The van der Waals surface area contributed by atoms with Gasteiger partial charge >= 0.3 is 0 Å². The van der Waals surface area contributed by atoms with E-state index in [1.165, 1.54) is 0 Å². The van der Waals surface area contributed by atoms with E-state index >= 15 is 0 Å². The van der Waals surface area contributed by atoms with Gasteiger partial charge in [-0.25, -0.2) is 0 Å². The van der Waals surface area contributed by atoms with Gasteiger partial charge in [0.25, 0.3) is 0 Å². The molecule has 0 atom stereocenters. The molecule has 5 heteroatoms. The molecule has 2 rings (SSSR count). The summed E-state index contributed by atoms with van der Waals surface area (Å²) in [5, 5.41) is 12.6. The number of nitrogens with one attached hydrogen (secondary N) is 1. The van der Waals surface area contributed by atoms with Gasteiger partial charge in [-0.3, -0.25) is 4.98 Å². The summed E-state index contributed by atoms with van der Waals surface area (Å²) in [5.41, 5.74) is 3.61. The summed E-state index contributed by atoms with van der Waals surface area (Å²) < 4.78 is 11.0. The Labute approximate surface area is 136 Å². The van der Waals surface area contributed by atoms with Crippen molar-refractivity contribution >= 4 is 5.69 Å². The van der Waals surface area contributed by atoms with E-state index in [1.54, 1.807) is 25.6 Å². The summed E-state index contributed by atoms with van der Waals surface area (Å²) in [4.78, 5) is 4.07. The standard InChI is InChI=1S/C18H22N2O3/c1-13(2)12-23-18-8-14(4-5-17(18)22-3)9-20-16-10-19-7-6-15(16)11-21/h4-8,10,20-21H,1,9,11-12H2,2-3H3. The highest BCUT2D eigenvalue weighted by Gasteiger charge is 2.07. The molecule has 0 aliphatic heterocycles. The molecule has 0 saturated heterocycles. The predicted molar refractivity (Wildman–Crippen MR) is 90.8 cm³/mol. The van der Waals surface area contributed by atoms with Gasteiger partial charge in [0.1, 0.15) is 6.61 Å². The normalized spacial score (nSPS) is 10.2. The number of rotatable bonds is 8. The highest BCUT2D eigenvalue weighted by Crippen LogP contribution is 2.29. The Morgan fingerprint density at radius 1 is 1.30 bits per heavy atom. The Morgan fingerprint density at radius 2 is 2.13 bits per heavy atom. The Morgan fingerprint density at radius 3 is 2.83 bits per heavy atom. The molecule has 0 amide bonds. The fourth-order valence-electron chi connectivity index (χ4n) is 2.06. The molecule has 2 aromatic rings. The van der Waals surface area contributed by atoms with Crippen LogP contribution in [0, 0.1) is 0 Å².